The molecular weight excluding hydrogens is 296 g/mol. The van der Waals surface area contributed by atoms with Gasteiger partial charge in [0.25, 0.3) is 0 Å². The molecule has 3 aliphatic rings. The Bertz CT molecular complexity index is 598. The quantitative estimate of drug-likeness (QED) is 0.778. The predicted octanol–water partition coefficient (Wildman–Crippen LogP) is 4.01. The maximum Gasteiger partial charge on any atom is 0.223 e. The van der Waals surface area contributed by atoms with Gasteiger partial charge in [-0.2, -0.15) is 0 Å². The van der Waals surface area contributed by atoms with Gasteiger partial charge in [0.2, 0.25) is 5.91 Å². The monoisotopic (exact) mass is 326 g/mol. The van der Waals surface area contributed by atoms with E-state index in [-0.39, 0.29) is 5.91 Å². The van der Waals surface area contributed by atoms with Gasteiger partial charge in [-0.05, 0) is 62.2 Å². The van der Waals surface area contributed by atoms with Gasteiger partial charge < -0.3 is 9.80 Å². The summed E-state index contributed by atoms with van der Waals surface area (Å²) in [6, 6.07) is 9.34. The summed E-state index contributed by atoms with van der Waals surface area (Å²) in [6.45, 7) is 5.07. The molecule has 2 fully saturated rings. The van der Waals surface area contributed by atoms with Crippen LogP contribution in [0.1, 0.15) is 57.4 Å². The Kier molecular flexibility index (Phi) is 4.38. The minimum absolute atomic E-state index is 0.191. The number of para-hydroxylation sites is 1. The first-order chi connectivity index (χ1) is 11.7. The Hall–Kier alpha value is -1.35. The van der Waals surface area contributed by atoms with Crippen molar-refractivity contribution < 1.29 is 4.79 Å². The number of amides is 1. The molecule has 2 heterocycles. The third-order valence-corrected chi connectivity index (χ3v) is 6.67. The maximum absolute atomic E-state index is 12.2. The summed E-state index contributed by atoms with van der Waals surface area (Å²) >= 11 is 0. The number of rotatable bonds is 1. The minimum Gasteiger partial charge on any atom is -0.312 e. The first-order valence-corrected chi connectivity index (χ1v) is 9.77. The molecule has 1 spiro atoms. The fourth-order valence-electron chi connectivity index (χ4n) is 5.23. The van der Waals surface area contributed by atoms with Gasteiger partial charge in [0.05, 0.1) is 0 Å². The number of piperidine rings is 1. The number of anilines is 1. The van der Waals surface area contributed by atoms with E-state index >= 15 is 0 Å². The van der Waals surface area contributed by atoms with E-state index in [1.165, 1.54) is 63.6 Å². The molecule has 1 aliphatic carbocycles. The number of fused-ring (bicyclic) bond motifs is 1. The van der Waals surface area contributed by atoms with Crippen molar-refractivity contribution in [1.29, 1.82) is 0 Å². The van der Waals surface area contributed by atoms with E-state index in [1.807, 2.05) is 4.90 Å². The maximum atomic E-state index is 12.2. The largest absolute Gasteiger partial charge is 0.312 e. The van der Waals surface area contributed by atoms with Crippen LogP contribution >= 0.6 is 0 Å². The highest BCUT2D eigenvalue weighted by molar-refractivity contribution is 5.93. The molecule has 1 saturated heterocycles. The number of hydrogen-bond donors (Lipinski definition) is 0. The number of carbonyl (C=O) groups excluding carboxylic acids is 1. The highest BCUT2D eigenvalue weighted by Gasteiger charge is 2.42. The SMILES string of the molecule is CC(=O)N1CC2(CCN(C3CCCCC3)CC2)Cc2ccccc21. The minimum atomic E-state index is 0.191. The summed E-state index contributed by atoms with van der Waals surface area (Å²) in [5, 5.41) is 0. The van der Waals surface area contributed by atoms with Gasteiger partial charge in [-0.1, -0.05) is 37.5 Å². The molecule has 1 aromatic rings. The van der Waals surface area contributed by atoms with Gasteiger partial charge in [-0.25, -0.2) is 0 Å². The first-order valence-electron chi connectivity index (χ1n) is 9.77. The first kappa shape index (κ1) is 16.1. The highest BCUT2D eigenvalue weighted by atomic mass is 16.2. The molecule has 0 atom stereocenters. The van der Waals surface area contributed by atoms with E-state index in [4.69, 9.17) is 0 Å². The summed E-state index contributed by atoms with van der Waals surface area (Å²) in [7, 11) is 0. The van der Waals surface area contributed by atoms with Crippen molar-refractivity contribution in [3.8, 4) is 0 Å². The van der Waals surface area contributed by atoms with Crippen LogP contribution in [0, 0.1) is 5.41 Å². The average Bonchev–Trinajstić information content (AvgIpc) is 2.62. The molecule has 4 rings (SSSR count). The van der Waals surface area contributed by atoms with Gasteiger partial charge in [-0.3, -0.25) is 4.79 Å². The Balaban J connectivity index is 1.50. The number of nitrogens with zero attached hydrogens (tertiary/aromatic N) is 2. The van der Waals surface area contributed by atoms with E-state index in [0.29, 0.717) is 5.41 Å². The van der Waals surface area contributed by atoms with Crippen molar-refractivity contribution in [2.75, 3.05) is 24.5 Å². The van der Waals surface area contributed by atoms with Crippen molar-refractivity contribution in [2.24, 2.45) is 5.41 Å². The molecule has 0 aromatic heterocycles. The molecule has 0 bridgehead atoms. The molecule has 1 saturated carbocycles. The highest BCUT2D eigenvalue weighted by Crippen LogP contribution is 2.44. The molecule has 3 nitrogen and oxygen atoms in total. The zero-order chi connectivity index (χ0) is 16.6. The summed E-state index contributed by atoms with van der Waals surface area (Å²) < 4.78 is 0. The van der Waals surface area contributed by atoms with Gasteiger partial charge >= 0.3 is 0 Å². The molecule has 24 heavy (non-hydrogen) atoms. The third kappa shape index (κ3) is 2.99. The van der Waals surface area contributed by atoms with Crippen molar-refractivity contribution in [1.82, 2.24) is 4.90 Å². The lowest BCUT2D eigenvalue weighted by atomic mass is 9.70. The van der Waals surface area contributed by atoms with E-state index in [0.717, 1.165) is 24.7 Å². The number of hydrogen-bond acceptors (Lipinski definition) is 2. The Labute approximate surface area is 146 Å². The van der Waals surface area contributed by atoms with Gasteiger partial charge in [0.1, 0.15) is 0 Å². The van der Waals surface area contributed by atoms with Crippen LogP contribution in [0.25, 0.3) is 0 Å². The molecule has 2 aliphatic heterocycles. The molecule has 0 N–H and O–H groups in total. The molecule has 0 radical (unpaired) electrons. The molecule has 1 amide bonds. The summed E-state index contributed by atoms with van der Waals surface area (Å²) in [4.78, 5) is 17.0. The third-order valence-electron chi connectivity index (χ3n) is 6.67. The standard InChI is InChI=1S/C21H30N2O/c1-17(24)23-16-21(15-18-7-5-6-10-20(18)23)11-13-22(14-12-21)19-8-3-2-4-9-19/h5-7,10,19H,2-4,8-9,11-16H2,1H3. The second kappa shape index (κ2) is 6.51. The fourth-order valence-corrected chi connectivity index (χ4v) is 5.23. The van der Waals surface area contributed by atoms with Crippen LogP contribution in [-0.4, -0.2) is 36.5 Å². The number of benzene rings is 1. The zero-order valence-electron chi connectivity index (χ0n) is 15.0. The van der Waals surface area contributed by atoms with E-state index in [9.17, 15) is 4.79 Å². The smallest absolute Gasteiger partial charge is 0.223 e. The molecule has 1 aromatic carbocycles. The Morgan fingerprint density at radius 1 is 1.08 bits per heavy atom. The van der Waals surface area contributed by atoms with Crippen molar-refractivity contribution in [2.45, 2.75) is 64.3 Å². The Morgan fingerprint density at radius 2 is 1.79 bits per heavy atom. The second-order valence-electron chi connectivity index (χ2n) is 8.24. The summed E-state index contributed by atoms with van der Waals surface area (Å²) in [5.74, 6) is 0.191. The molecule has 3 heteroatoms. The lowest BCUT2D eigenvalue weighted by Crippen LogP contribution is -2.53. The lowest BCUT2D eigenvalue weighted by molar-refractivity contribution is -0.117. The van der Waals surface area contributed by atoms with E-state index < -0.39 is 0 Å². The normalized spacial score (nSPS) is 24.8. The number of likely N-dealkylation sites (tertiary alicyclic amines) is 1. The molecular formula is C21H30N2O. The van der Waals surface area contributed by atoms with Gasteiger partial charge in [0, 0.05) is 25.2 Å². The average molecular weight is 326 g/mol. The zero-order valence-corrected chi connectivity index (χ0v) is 15.0. The van der Waals surface area contributed by atoms with Crippen LogP contribution in [0.2, 0.25) is 0 Å². The lowest BCUT2D eigenvalue weighted by Gasteiger charge is -2.49. The van der Waals surface area contributed by atoms with Crippen LogP contribution < -0.4 is 4.90 Å². The molecule has 130 valence electrons. The van der Waals surface area contributed by atoms with Crippen LogP contribution in [-0.2, 0) is 11.2 Å². The topological polar surface area (TPSA) is 23.6 Å². The predicted molar refractivity (Wildman–Crippen MR) is 98.3 cm³/mol. The van der Waals surface area contributed by atoms with Crippen LogP contribution in [0.5, 0.6) is 0 Å². The number of carbonyl (C=O) groups is 1. The van der Waals surface area contributed by atoms with E-state index in [2.05, 4.69) is 29.2 Å². The Morgan fingerprint density at radius 3 is 2.50 bits per heavy atom. The molecule has 0 unspecified atom stereocenters. The van der Waals surface area contributed by atoms with Crippen molar-refractivity contribution >= 4 is 11.6 Å². The summed E-state index contributed by atoms with van der Waals surface area (Å²) in [5.41, 5.74) is 2.81. The van der Waals surface area contributed by atoms with Crippen LogP contribution in [0.3, 0.4) is 0 Å². The van der Waals surface area contributed by atoms with Crippen LogP contribution in [0.4, 0.5) is 5.69 Å². The van der Waals surface area contributed by atoms with Crippen molar-refractivity contribution in [3.05, 3.63) is 29.8 Å². The van der Waals surface area contributed by atoms with Crippen molar-refractivity contribution in [3.63, 3.8) is 0 Å². The van der Waals surface area contributed by atoms with Crippen LogP contribution in [0.15, 0.2) is 24.3 Å². The second-order valence-corrected chi connectivity index (χ2v) is 8.24. The summed E-state index contributed by atoms with van der Waals surface area (Å²) in [6.07, 6.45) is 10.7. The van der Waals surface area contributed by atoms with Gasteiger partial charge in [-0.15, -0.1) is 0 Å². The van der Waals surface area contributed by atoms with Gasteiger partial charge in [0.15, 0.2) is 0 Å². The fraction of sp³-hybridized carbons (Fsp3) is 0.667. The van der Waals surface area contributed by atoms with E-state index in [1.54, 1.807) is 6.92 Å².